The highest BCUT2D eigenvalue weighted by atomic mass is 19.4. The molecule has 2 aliphatic rings. The summed E-state index contributed by atoms with van der Waals surface area (Å²) in [7, 11) is 0. The van der Waals surface area contributed by atoms with Crippen LogP contribution >= 0.6 is 0 Å². The largest absolute Gasteiger partial charge is 0.401 e. The standard InChI is InChI=1S/C14H23F3N2O/c1-11-2-3-13(20)12(8-11)9-18-4-6-19(7-5-18)10-14(15,16)17/h11-12H,2-10H2,1H3. The van der Waals surface area contributed by atoms with Crippen LogP contribution < -0.4 is 0 Å². The van der Waals surface area contributed by atoms with Gasteiger partial charge in [0, 0.05) is 45.1 Å². The van der Waals surface area contributed by atoms with Gasteiger partial charge in [-0.2, -0.15) is 13.2 Å². The smallest absolute Gasteiger partial charge is 0.300 e. The van der Waals surface area contributed by atoms with Crippen molar-refractivity contribution in [1.82, 2.24) is 9.80 Å². The van der Waals surface area contributed by atoms with E-state index in [4.69, 9.17) is 0 Å². The third-order valence-electron chi connectivity index (χ3n) is 4.37. The second-order valence-electron chi connectivity index (χ2n) is 6.23. The van der Waals surface area contributed by atoms with Crippen molar-refractivity contribution in [2.45, 2.75) is 32.4 Å². The van der Waals surface area contributed by atoms with Gasteiger partial charge < -0.3 is 4.90 Å². The second kappa shape index (κ2) is 6.43. The molecule has 2 fully saturated rings. The van der Waals surface area contributed by atoms with Crippen LogP contribution in [0.25, 0.3) is 0 Å². The number of ketones is 1. The lowest BCUT2D eigenvalue weighted by Gasteiger charge is -2.37. The van der Waals surface area contributed by atoms with E-state index in [1.165, 1.54) is 4.90 Å². The van der Waals surface area contributed by atoms with Crippen LogP contribution in [-0.4, -0.2) is 61.0 Å². The molecule has 116 valence electrons. The van der Waals surface area contributed by atoms with Crippen LogP contribution in [0.15, 0.2) is 0 Å². The zero-order chi connectivity index (χ0) is 14.8. The summed E-state index contributed by atoms with van der Waals surface area (Å²) >= 11 is 0. The Morgan fingerprint density at radius 1 is 1.15 bits per heavy atom. The first-order valence-electron chi connectivity index (χ1n) is 7.37. The van der Waals surface area contributed by atoms with Crippen molar-refractivity contribution in [3.8, 4) is 0 Å². The lowest BCUT2D eigenvalue weighted by atomic mass is 9.81. The molecule has 2 rings (SSSR count). The number of piperazine rings is 1. The number of rotatable bonds is 3. The molecule has 6 heteroatoms. The van der Waals surface area contributed by atoms with E-state index < -0.39 is 12.7 Å². The molecule has 2 unspecified atom stereocenters. The average Bonchev–Trinajstić information content (AvgIpc) is 2.34. The third kappa shape index (κ3) is 4.74. The van der Waals surface area contributed by atoms with E-state index in [-0.39, 0.29) is 5.92 Å². The third-order valence-corrected chi connectivity index (χ3v) is 4.37. The predicted molar refractivity (Wildman–Crippen MR) is 70.4 cm³/mol. The van der Waals surface area contributed by atoms with Crippen LogP contribution in [0.4, 0.5) is 13.2 Å². The molecule has 1 heterocycles. The Kier molecular flexibility index (Phi) is 5.07. The van der Waals surface area contributed by atoms with Crippen molar-refractivity contribution < 1.29 is 18.0 Å². The molecular weight excluding hydrogens is 269 g/mol. The second-order valence-corrected chi connectivity index (χ2v) is 6.23. The predicted octanol–water partition coefficient (Wildman–Crippen LogP) is 2.17. The van der Waals surface area contributed by atoms with E-state index in [2.05, 4.69) is 11.8 Å². The lowest BCUT2D eigenvalue weighted by Crippen LogP contribution is -2.51. The molecule has 1 saturated carbocycles. The molecule has 3 nitrogen and oxygen atoms in total. The lowest BCUT2D eigenvalue weighted by molar-refractivity contribution is -0.149. The molecule has 0 radical (unpaired) electrons. The van der Waals surface area contributed by atoms with E-state index in [1.807, 2.05) is 0 Å². The summed E-state index contributed by atoms with van der Waals surface area (Å²) in [6.07, 6.45) is -1.53. The molecule has 0 N–H and O–H groups in total. The van der Waals surface area contributed by atoms with Gasteiger partial charge in [-0.05, 0) is 18.8 Å². The molecule has 1 aliphatic carbocycles. The molecule has 0 amide bonds. The van der Waals surface area contributed by atoms with Crippen molar-refractivity contribution >= 4 is 5.78 Å². The van der Waals surface area contributed by atoms with Crippen LogP contribution in [-0.2, 0) is 4.79 Å². The number of alkyl halides is 3. The van der Waals surface area contributed by atoms with Crippen LogP contribution in [0.2, 0.25) is 0 Å². The van der Waals surface area contributed by atoms with Gasteiger partial charge in [0.2, 0.25) is 0 Å². The van der Waals surface area contributed by atoms with Gasteiger partial charge in [-0.25, -0.2) is 0 Å². The van der Waals surface area contributed by atoms with E-state index in [0.29, 0.717) is 44.3 Å². The molecule has 0 aromatic carbocycles. The number of nitrogens with zero attached hydrogens (tertiary/aromatic N) is 2. The van der Waals surface area contributed by atoms with Gasteiger partial charge in [-0.15, -0.1) is 0 Å². The first-order valence-corrected chi connectivity index (χ1v) is 7.37. The molecule has 0 aromatic rings. The summed E-state index contributed by atoms with van der Waals surface area (Å²) in [6.45, 7) is 4.22. The number of carbonyl (C=O) groups excluding carboxylic acids is 1. The fourth-order valence-electron chi connectivity index (χ4n) is 3.20. The fourth-order valence-corrected chi connectivity index (χ4v) is 3.20. The van der Waals surface area contributed by atoms with Crippen LogP contribution in [0, 0.1) is 11.8 Å². The minimum Gasteiger partial charge on any atom is -0.300 e. The van der Waals surface area contributed by atoms with Crippen molar-refractivity contribution in [1.29, 1.82) is 0 Å². The van der Waals surface area contributed by atoms with E-state index >= 15 is 0 Å². The Balaban J connectivity index is 1.75. The molecule has 0 spiro atoms. The maximum atomic E-state index is 12.3. The van der Waals surface area contributed by atoms with Gasteiger partial charge in [0.15, 0.2) is 0 Å². The van der Waals surface area contributed by atoms with Crippen LogP contribution in [0.1, 0.15) is 26.2 Å². The monoisotopic (exact) mass is 292 g/mol. The van der Waals surface area contributed by atoms with Crippen LogP contribution in [0.5, 0.6) is 0 Å². The minimum atomic E-state index is -4.11. The van der Waals surface area contributed by atoms with Gasteiger partial charge in [0.25, 0.3) is 0 Å². The summed E-state index contributed by atoms with van der Waals surface area (Å²) < 4.78 is 36.9. The molecule has 1 aliphatic heterocycles. The van der Waals surface area contributed by atoms with Crippen molar-refractivity contribution in [3.05, 3.63) is 0 Å². The normalized spacial score (nSPS) is 30.7. The fraction of sp³-hybridized carbons (Fsp3) is 0.929. The quantitative estimate of drug-likeness (QED) is 0.796. The van der Waals surface area contributed by atoms with Gasteiger partial charge in [0.05, 0.1) is 6.54 Å². The molecule has 0 aromatic heterocycles. The van der Waals surface area contributed by atoms with Gasteiger partial charge in [0.1, 0.15) is 5.78 Å². The Labute approximate surface area is 118 Å². The summed E-state index contributed by atoms with van der Waals surface area (Å²) in [5, 5.41) is 0. The molecule has 1 saturated heterocycles. The highest BCUT2D eigenvalue weighted by Gasteiger charge is 2.33. The Morgan fingerprint density at radius 3 is 2.35 bits per heavy atom. The molecular formula is C14H23F3N2O. The zero-order valence-electron chi connectivity index (χ0n) is 12.0. The van der Waals surface area contributed by atoms with E-state index in [9.17, 15) is 18.0 Å². The Morgan fingerprint density at radius 2 is 1.75 bits per heavy atom. The van der Waals surface area contributed by atoms with Crippen LogP contribution in [0.3, 0.4) is 0 Å². The van der Waals surface area contributed by atoms with Gasteiger partial charge >= 0.3 is 6.18 Å². The summed E-state index contributed by atoms with van der Waals surface area (Å²) in [5.41, 5.74) is 0. The van der Waals surface area contributed by atoms with Gasteiger partial charge in [-0.3, -0.25) is 9.69 Å². The number of hydrogen-bond acceptors (Lipinski definition) is 3. The number of carbonyl (C=O) groups is 1. The number of Topliss-reactive ketones (excluding diaryl/α,β-unsaturated/α-hetero) is 1. The summed E-state index contributed by atoms with van der Waals surface area (Å²) in [4.78, 5) is 15.5. The first kappa shape index (κ1) is 15.8. The van der Waals surface area contributed by atoms with Crippen molar-refractivity contribution in [3.63, 3.8) is 0 Å². The zero-order valence-corrected chi connectivity index (χ0v) is 12.0. The Hall–Kier alpha value is -0.620. The van der Waals surface area contributed by atoms with E-state index in [0.717, 1.165) is 19.4 Å². The highest BCUT2D eigenvalue weighted by molar-refractivity contribution is 5.81. The highest BCUT2D eigenvalue weighted by Crippen LogP contribution is 2.27. The summed E-state index contributed by atoms with van der Waals surface area (Å²) in [6, 6.07) is 0. The number of halogens is 3. The topological polar surface area (TPSA) is 23.6 Å². The maximum Gasteiger partial charge on any atom is 0.401 e. The minimum absolute atomic E-state index is 0.0907. The molecule has 0 bridgehead atoms. The molecule has 2 atom stereocenters. The average molecular weight is 292 g/mol. The SMILES string of the molecule is CC1CCC(=O)C(CN2CCN(CC(F)(F)F)CC2)C1. The maximum absolute atomic E-state index is 12.3. The Bertz CT molecular complexity index is 338. The molecule has 20 heavy (non-hydrogen) atoms. The first-order chi connectivity index (χ1) is 9.33. The van der Waals surface area contributed by atoms with Gasteiger partial charge in [-0.1, -0.05) is 6.92 Å². The van der Waals surface area contributed by atoms with E-state index in [1.54, 1.807) is 0 Å². The van der Waals surface area contributed by atoms with Crippen molar-refractivity contribution in [2.24, 2.45) is 11.8 Å². The number of hydrogen-bond donors (Lipinski definition) is 0. The summed E-state index contributed by atoms with van der Waals surface area (Å²) in [5.74, 6) is 1.01. The van der Waals surface area contributed by atoms with Crippen molar-refractivity contribution in [2.75, 3.05) is 39.3 Å².